The summed E-state index contributed by atoms with van der Waals surface area (Å²) < 4.78 is 4.65. The summed E-state index contributed by atoms with van der Waals surface area (Å²) in [5.74, 6) is -0.564. The Morgan fingerprint density at radius 2 is 1.92 bits per heavy atom. The average molecular weight is 346 g/mol. The summed E-state index contributed by atoms with van der Waals surface area (Å²) in [5.41, 5.74) is 1.23. The van der Waals surface area contributed by atoms with Crippen molar-refractivity contribution < 1.29 is 19.1 Å². The number of esters is 1. The first-order valence-corrected chi connectivity index (χ1v) is 8.83. The quantitative estimate of drug-likeness (QED) is 0.579. The van der Waals surface area contributed by atoms with Crippen molar-refractivity contribution >= 4 is 17.9 Å². The molecule has 6 heteroatoms. The highest BCUT2D eigenvalue weighted by Crippen LogP contribution is 2.17. The second kappa shape index (κ2) is 9.20. The number of ether oxygens (including phenoxy) is 1. The minimum Gasteiger partial charge on any atom is -0.465 e. The van der Waals surface area contributed by atoms with Crippen LogP contribution in [0, 0.1) is 0 Å². The van der Waals surface area contributed by atoms with E-state index in [1.54, 1.807) is 24.3 Å². The van der Waals surface area contributed by atoms with Gasteiger partial charge < -0.3 is 10.1 Å². The molecule has 0 spiro atoms. The minimum atomic E-state index is -0.413. The Morgan fingerprint density at radius 1 is 1.20 bits per heavy atom. The highest BCUT2D eigenvalue weighted by atomic mass is 16.5. The molecule has 1 N–H and O–H groups in total. The molecule has 6 nitrogen and oxygen atoms in total. The number of hydrogen-bond acceptors (Lipinski definition) is 4. The Hall–Kier alpha value is -2.37. The monoisotopic (exact) mass is 346 g/mol. The molecule has 0 aromatic heterocycles. The van der Waals surface area contributed by atoms with E-state index in [1.807, 2.05) is 0 Å². The standard InChI is InChI=1S/C19H26N2O4/c1-3-4-5-6-7-16-12-17(22)21(19(24)20-16)13-14-8-10-15(11-9-14)18(23)25-2/h8-11,16H,3-7,12-13H2,1-2H3,(H,20,24). The van der Waals surface area contributed by atoms with Crippen LogP contribution in [0.15, 0.2) is 24.3 Å². The molecule has 1 aliphatic heterocycles. The molecule has 1 aromatic rings. The number of urea groups is 1. The molecule has 3 amide bonds. The Kier molecular flexibility index (Phi) is 6.98. The Bertz CT molecular complexity index is 594. The van der Waals surface area contributed by atoms with E-state index in [4.69, 9.17) is 0 Å². The molecule has 1 aliphatic rings. The maximum absolute atomic E-state index is 12.3. The van der Waals surface area contributed by atoms with E-state index in [-0.39, 0.29) is 24.5 Å². The van der Waals surface area contributed by atoms with Gasteiger partial charge in [-0.1, -0.05) is 44.7 Å². The number of nitrogens with zero attached hydrogens (tertiary/aromatic N) is 1. The molecule has 1 atom stereocenters. The van der Waals surface area contributed by atoms with E-state index < -0.39 is 5.97 Å². The van der Waals surface area contributed by atoms with Gasteiger partial charge in [-0.2, -0.15) is 0 Å². The fourth-order valence-corrected chi connectivity index (χ4v) is 2.94. The molecule has 1 fully saturated rings. The first kappa shape index (κ1) is 19.0. The van der Waals surface area contributed by atoms with Gasteiger partial charge in [-0.05, 0) is 24.1 Å². The van der Waals surface area contributed by atoms with E-state index in [9.17, 15) is 14.4 Å². The summed E-state index contributed by atoms with van der Waals surface area (Å²) in [6.45, 7) is 2.36. The number of methoxy groups -OCH3 is 1. The summed E-state index contributed by atoms with van der Waals surface area (Å²) >= 11 is 0. The Balaban J connectivity index is 1.89. The van der Waals surface area contributed by atoms with Crippen molar-refractivity contribution in [1.29, 1.82) is 0 Å². The van der Waals surface area contributed by atoms with Gasteiger partial charge in [-0.3, -0.25) is 9.69 Å². The Morgan fingerprint density at radius 3 is 2.52 bits per heavy atom. The zero-order chi connectivity index (χ0) is 18.2. The van der Waals surface area contributed by atoms with E-state index in [2.05, 4.69) is 17.0 Å². The van der Waals surface area contributed by atoms with Crippen LogP contribution in [-0.4, -0.2) is 36.0 Å². The van der Waals surface area contributed by atoms with Crippen LogP contribution in [0.4, 0.5) is 4.79 Å². The number of carbonyl (C=O) groups is 3. The molecule has 2 rings (SSSR count). The topological polar surface area (TPSA) is 75.7 Å². The number of nitrogens with one attached hydrogen (secondary N) is 1. The third-order valence-electron chi connectivity index (χ3n) is 4.42. The molecule has 1 heterocycles. The molecule has 1 unspecified atom stereocenters. The summed E-state index contributed by atoms with van der Waals surface area (Å²) in [4.78, 5) is 37.2. The molecule has 0 radical (unpaired) electrons. The number of carbonyl (C=O) groups excluding carboxylic acids is 3. The highest BCUT2D eigenvalue weighted by Gasteiger charge is 2.31. The van der Waals surface area contributed by atoms with Gasteiger partial charge in [0.05, 0.1) is 19.2 Å². The number of imide groups is 1. The first-order valence-electron chi connectivity index (χ1n) is 8.83. The number of benzene rings is 1. The lowest BCUT2D eigenvalue weighted by molar-refractivity contribution is -0.130. The van der Waals surface area contributed by atoms with Crippen molar-refractivity contribution in [2.24, 2.45) is 0 Å². The summed E-state index contributed by atoms with van der Waals surface area (Å²) in [6, 6.07) is 6.31. The van der Waals surface area contributed by atoms with Crippen molar-refractivity contribution in [2.45, 2.75) is 58.0 Å². The molecular formula is C19H26N2O4. The molecule has 0 aliphatic carbocycles. The van der Waals surface area contributed by atoms with Crippen LogP contribution in [0.3, 0.4) is 0 Å². The van der Waals surface area contributed by atoms with Gasteiger partial charge in [0.25, 0.3) is 0 Å². The lowest BCUT2D eigenvalue weighted by Gasteiger charge is -2.31. The van der Waals surface area contributed by atoms with Crippen molar-refractivity contribution in [3.05, 3.63) is 35.4 Å². The zero-order valence-corrected chi connectivity index (χ0v) is 14.9. The number of unbranched alkanes of at least 4 members (excludes halogenated alkanes) is 3. The molecule has 0 bridgehead atoms. The smallest absolute Gasteiger partial charge is 0.337 e. The molecule has 1 aromatic carbocycles. The van der Waals surface area contributed by atoms with Gasteiger partial charge in [0, 0.05) is 12.5 Å². The van der Waals surface area contributed by atoms with Gasteiger partial charge >= 0.3 is 12.0 Å². The zero-order valence-electron chi connectivity index (χ0n) is 14.9. The number of amides is 3. The predicted octanol–water partition coefficient (Wildman–Crippen LogP) is 3.25. The van der Waals surface area contributed by atoms with E-state index in [0.29, 0.717) is 12.0 Å². The van der Waals surface area contributed by atoms with Crippen LogP contribution in [0.2, 0.25) is 0 Å². The average Bonchev–Trinajstić information content (AvgIpc) is 2.61. The largest absolute Gasteiger partial charge is 0.465 e. The van der Waals surface area contributed by atoms with Crippen molar-refractivity contribution in [2.75, 3.05) is 7.11 Å². The normalized spacial score (nSPS) is 17.4. The van der Waals surface area contributed by atoms with Gasteiger partial charge in [-0.25, -0.2) is 9.59 Å². The number of hydrogen-bond donors (Lipinski definition) is 1. The lowest BCUT2D eigenvalue weighted by Crippen LogP contribution is -2.54. The van der Waals surface area contributed by atoms with Gasteiger partial charge in [-0.15, -0.1) is 0 Å². The van der Waals surface area contributed by atoms with Crippen molar-refractivity contribution in [3.63, 3.8) is 0 Å². The molecule has 136 valence electrons. The SMILES string of the molecule is CCCCCCC1CC(=O)N(Cc2ccc(C(=O)OC)cc2)C(=O)N1. The lowest BCUT2D eigenvalue weighted by atomic mass is 10.0. The molecule has 0 saturated carbocycles. The first-order chi connectivity index (χ1) is 12.0. The van der Waals surface area contributed by atoms with Crippen LogP contribution in [-0.2, 0) is 16.1 Å². The predicted molar refractivity (Wildman–Crippen MR) is 94.0 cm³/mol. The number of rotatable bonds is 8. The third-order valence-corrected chi connectivity index (χ3v) is 4.42. The van der Waals surface area contributed by atoms with Gasteiger partial charge in [0.2, 0.25) is 5.91 Å². The second-order valence-corrected chi connectivity index (χ2v) is 6.37. The van der Waals surface area contributed by atoms with Crippen molar-refractivity contribution in [3.8, 4) is 0 Å². The second-order valence-electron chi connectivity index (χ2n) is 6.37. The van der Waals surface area contributed by atoms with Crippen LogP contribution < -0.4 is 5.32 Å². The van der Waals surface area contributed by atoms with Gasteiger partial charge in [0.1, 0.15) is 0 Å². The maximum Gasteiger partial charge on any atom is 0.337 e. The minimum absolute atomic E-state index is 0.0604. The summed E-state index contributed by atoms with van der Waals surface area (Å²) in [5, 5.41) is 2.92. The third kappa shape index (κ3) is 5.31. The van der Waals surface area contributed by atoms with E-state index in [0.717, 1.165) is 24.8 Å². The fourth-order valence-electron chi connectivity index (χ4n) is 2.94. The van der Waals surface area contributed by atoms with Crippen LogP contribution in [0.5, 0.6) is 0 Å². The van der Waals surface area contributed by atoms with E-state index in [1.165, 1.54) is 24.9 Å². The van der Waals surface area contributed by atoms with Crippen molar-refractivity contribution in [1.82, 2.24) is 10.2 Å². The molecular weight excluding hydrogens is 320 g/mol. The van der Waals surface area contributed by atoms with Crippen LogP contribution in [0.25, 0.3) is 0 Å². The van der Waals surface area contributed by atoms with Crippen LogP contribution in [0.1, 0.15) is 61.4 Å². The summed E-state index contributed by atoms with van der Waals surface area (Å²) in [6.07, 6.45) is 5.70. The van der Waals surface area contributed by atoms with Gasteiger partial charge in [0.15, 0.2) is 0 Å². The van der Waals surface area contributed by atoms with Crippen LogP contribution >= 0.6 is 0 Å². The fraction of sp³-hybridized carbons (Fsp3) is 0.526. The highest BCUT2D eigenvalue weighted by molar-refractivity contribution is 5.97. The molecule has 25 heavy (non-hydrogen) atoms. The Labute approximate surface area is 148 Å². The maximum atomic E-state index is 12.3. The summed E-state index contributed by atoms with van der Waals surface area (Å²) in [7, 11) is 1.33. The van der Waals surface area contributed by atoms with E-state index >= 15 is 0 Å². The molecule has 1 saturated heterocycles.